The number of nitro groups is 1. The summed E-state index contributed by atoms with van der Waals surface area (Å²) in [5, 5.41) is 23.3. The lowest BCUT2D eigenvalue weighted by Gasteiger charge is -2.07. The van der Waals surface area contributed by atoms with Gasteiger partial charge in [-0.3, -0.25) is 10.1 Å². The molecule has 2 aromatic carbocycles. The molecular formula is C12H9BrN2O3. The van der Waals surface area contributed by atoms with Gasteiger partial charge in [-0.15, -0.1) is 0 Å². The minimum atomic E-state index is -0.629. The van der Waals surface area contributed by atoms with E-state index in [-0.39, 0.29) is 15.9 Å². The van der Waals surface area contributed by atoms with Crippen molar-refractivity contribution in [3.05, 3.63) is 57.1 Å². The first-order valence-electron chi connectivity index (χ1n) is 5.07. The van der Waals surface area contributed by atoms with Crippen molar-refractivity contribution >= 4 is 33.0 Å². The molecule has 92 valence electrons. The fraction of sp³-hybridized carbons (Fsp3) is 0. The Morgan fingerprint density at radius 1 is 1.17 bits per heavy atom. The summed E-state index contributed by atoms with van der Waals surface area (Å²) in [6, 6.07) is 12.1. The van der Waals surface area contributed by atoms with Crippen LogP contribution in [0.1, 0.15) is 0 Å². The van der Waals surface area contributed by atoms with Crippen LogP contribution in [0.4, 0.5) is 17.1 Å². The molecule has 0 aliphatic heterocycles. The van der Waals surface area contributed by atoms with Crippen LogP contribution in [-0.4, -0.2) is 10.0 Å². The summed E-state index contributed by atoms with van der Waals surface area (Å²) in [4.78, 5) is 10.1. The molecule has 0 aliphatic carbocycles. The number of phenols is 1. The number of nitro benzene ring substituents is 1. The van der Waals surface area contributed by atoms with E-state index in [0.29, 0.717) is 5.69 Å². The number of phenolic OH excluding ortho intramolecular Hbond substituents is 1. The van der Waals surface area contributed by atoms with Crippen molar-refractivity contribution in [3.63, 3.8) is 0 Å². The molecule has 18 heavy (non-hydrogen) atoms. The van der Waals surface area contributed by atoms with Gasteiger partial charge in [0.15, 0.2) is 0 Å². The predicted octanol–water partition coefficient (Wildman–Crippen LogP) is 3.81. The minimum absolute atomic E-state index is 0.273. The normalized spacial score (nSPS) is 10.1. The van der Waals surface area contributed by atoms with E-state index in [1.54, 1.807) is 6.07 Å². The molecule has 0 amide bonds. The van der Waals surface area contributed by atoms with Gasteiger partial charge in [0.05, 0.1) is 9.40 Å². The van der Waals surface area contributed by atoms with Crippen molar-refractivity contribution in [2.45, 2.75) is 0 Å². The number of aromatic hydroxyl groups is 1. The standard InChI is InChI=1S/C12H9BrN2O3/c13-10-6-9(7-11(12(10)16)15(17)18)14-8-4-2-1-3-5-8/h1-7,14,16H. The summed E-state index contributed by atoms with van der Waals surface area (Å²) in [6.45, 7) is 0. The van der Waals surface area contributed by atoms with E-state index in [1.165, 1.54) is 6.07 Å². The molecule has 2 N–H and O–H groups in total. The van der Waals surface area contributed by atoms with Crippen LogP contribution >= 0.6 is 15.9 Å². The Balaban J connectivity index is 2.38. The van der Waals surface area contributed by atoms with Gasteiger partial charge in [0.25, 0.3) is 0 Å². The topological polar surface area (TPSA) is 75.4 Å². The number of rotatable bonds is 3. The van der Waals surface area contributed by atoms with Crippen LogP contribution in [-0.2, 0) is 0 Å². The molecule has 0 atom stereocenters. The highest BCUT2D eigenvalue weighted by atomic mass is 79.9. The Bertz CT molecular complexity index is 587. The molecule has 5 nitrogen and oxygen atoms in total. The number of hydrogen-bond donors (Lipinski definition) is 2. The van der Waals surface area contributed by atoms with Gasteiger partial charge in [-0.2, -0.15) is 0 Å². The summed E-state index contributed by atoms with van der Waals surface area (Å²) in [7, 11) is 0. The number of para-hydroxylation sites is 1. The average molecular weight is 309 g/mol. The molecule has 0 aliphatic rings. The second kappa shape index (κ2) is 5.05. The van der Waals surface area contributed by atoms with E-state index in [2.05, 4.69) is 21.2 Å². The zero-order valence-electron chi connectivity index (χ0n) is 9.13. The van der Waals surface area contributed by atoms with Crippen molar-refractivity contribution in [2.24, 2.45) is 0 Å². The van der Waals surface area contributed by atoms with E-state index in [9.17, 15) is 15.2 Å². The molecule has 0 fully saturated rings. The number of anilines is 2. The van der Waals surface area contributed by atoms with Gasteiger partial charge in [0.1, 0.15) is 0 Å². The second-order valence-corrected chi connectivity index (χ2v) is 4.43. The second-order valence-electron chi connectivity index (χ2n) is 3.57. The van der Waals surface area contributed by atoms with Crippen LogP contribution < -0.4 is 5.32 Å². The van der Waals surface area contributed by atoms with Crippen molar-refractivity contribution in [1.29, 1.82) is 0 Å². The number of nitrogens with zero attached hydrogens (tertiary/aromatic N) is 1. The fourth-order valence-corrected chi connectivity index (χ4v) is 1.93. The number of nitrogens with one attached hydrogen (secondary N) is 1. The molecule has 0 bridgehead atoms. The quantitative estimate of drug-likeness (QED) is 0.513. The molecule has 2 rings (SSSR count). The largest absolute Gasteiger partial charge is 0.501 e. The third-order valence-electron chi connectivity index (χ3n) is 2.30. The predicted molar refractivity (Wildman–Crippen MR) is 72.2 cm³/mol. The van der Waals surface area contributed by atoms with Gasteiger partial charge in [0.2, 0.25) is 5.75 Å². The van der Waals surface area contributed by atoms with Gasteiger partial charge >= 0.3 is 5.69 Å². The highest BCUT2D eigenvalue weighted by molar-refractivity contribution is 9.10. The summed E-state index contributed by atoms with van der Waals surface area (Å²) in [6.07, 6.45) is 0. The highest BCUT2D eigenvalue weighted by Crippen LogP contribution is 2.37. The monoisotopic (exact) mass is 308 g/mol. The first kappa shape index (κ1) is 12.4. The van der Waals surface area contributed by atoms with Crippen LogP contribution in [0.5, 0.6) is 5.75 Å². The molecule has 6 heteroatoms. The minimum Gasteiger partial charge on any atom is -0.501 e. The first-order chi connectivity index (χ1) is 8.58. The SMILES string of the molecule is O=[N+]([O-])c1cc(Nc2ccccc2)cc(Br)c1O. The maximum absolute atomic E-state index is 10.8. The van der Waals surface area contributed by atoms with Gasteiger partial charge in [0, 0.05) is 17.4 Å². The third kappa shape index (κ3) is 2.60. The molecule has 0 saturated heterocycles. The Hall–Kier alpha value is -2.08. The molecule has 0 spiro atoms. The van der Waals surface area contributed by atoms with Crippen molar-refractivity contribution in [1.82, 2.24) is 0 Å². The molecule has 2 aromatic rings. The Labute approximate surface area is 111 Å². The average Bonchev–Trinajstić information content (AvgIpc) is 2.34. The number of benzene rings is 2. The highest BCUT2D eigenvalue weighted by Gasteiger charge is 2.17. The number of halogens is 1. The zero-order chi connectivity index (χ0) is 13.1. The Kier molecular flexibility index (Phi) is 3.47. The van der Waals surface area contributed by atoms with Crippen LogP contribution in [0.25, 0.3) is 0 Å². The van der Waals surface area contributed by atoms with Crippen LogP contribution in [0.15, 0.2) is 46.9 Å². The van der Waals surface area contributed by atoms with Crippen LogP contribution in [0.3, 0.4) is 0 Å². The van der Waals surface area contributed by atoms with E-state index in [4.69, 9.17) is 0 Å². The van der Waals surface area contributed by atoms with Gasteiger partial charge in [-0.05, 0) is 34.1 Å². The molecule has 0 heterocycles. The maximum Gasteiger partial charge on any atom is 0.313 e. The van der Waals surface area contributed by atoms with Crippen molar-refractivity contribution in [3.8, 4) is 5.75 Å². The van der Waals surface area contributed by atoms with E-state index >= 15 is 0 Å². The molecular weight excluding hydrogens is 300 g/mol. The lowest BCUT2D eigenvalue weighted by molar-refractivity contribution is -0.385. The maximum atomic E-state index is 10.8. The van der Waals surface area contributed by atoms with E-state index in [0.717, 1.165) is 5.69 Å². The van der Waals surface area contributed by atoms with Gasteiger partial charge in [-0.25, -0.2) is 0 Å². The summed E-state index contributed by atoms with van der Waals surface area (Å²) < 4.78 is 0.273. The molecule has 0 unspecified atom stereocenters. The smallest absolute Gasteiger partial charge is 0.313 e. The van der Waals surface area contributed by atoms with E-state index in [1.807, 2.05) is 30.3 Å². The number of hydrogen-bond acceptors (Lipinski definition) is 4. The summed E-state index contributed by atoms with van der Waals surface area (Å²) in [5.74, 6) is -0.376. The summed E-state index contributed by atoms with van der Waals surface area (Å²) >= 11 is 3.08. The summed E-state index contributed by atoms with van der Waals surface area (Å²) in [5.41, 5.74) is 0.991. The lowest BCUT2D eigenvalue weighted by Crippen LogP contribution is -1.94. The first-order valence-corrected chi connectivity index (χ1v) is 5.86. The van der Waals surface area contributed by atoms with Gasteiger partial charge < -0.3 is 10.4 Å². The van der Waals surface area contributed by atoms with Crippen molar-refractivity contribution in [2.75, 3.05) is 5.32 Å². The van der Waals surface area contributed by atoms with Crippen LogP contribution in [0, 0.1) is 10.1 Å². The van der Waals surface area contributed by atoms with Crippen LogP contribution in [0.2, 0.25) is 0 Å². The molecule has 0 saturated carbocycles. The Morgan fingerprint density at radius 2 is 1.83 bits per heavy atom. The van der Waals surface area contributed by atoms with E-state index < -0.39 is 4.92 Å². The lowest BCUT2D eigenvalue weighted by atomic mass is 10.2. The third-order valence-corrected chi connectivity index (χ3v) is 2.91. The molecule has 0 radical (unpaired) electrons. The van der Waals surface area contributed by atoms with Crippen molar-refractivity contribution < 1.29 is 10.0 Å². The molecule has 0 aromatic heterocycles. The Morgan fingerprint density at radius 3 is 2.44 bits per heavy atom. The zero-order valence-corrected chi connectivity index (χ0v) is 10.7. The van der Waals surface area contributed by atoms with Gasteiger partial charge in [-0.1, -0.05) is 18.2 Å². The fourth-order valence-electron chi connectivity index (χ4n) is 1.48.